The van der Waals surface area contributed by atoms with Crippen LogP contribution in [0.1, 0.15) is 37.7 Å². The van der Waals surface area contributed by atoms with Gasteiger partial charge in [0.05, 0.1) is 6.07 Å². The molecular weight excluding hydrogens is 194 g/mol. The summed E-state index contributed by atoms with van der Waals surface area (Å²) >= 11 is 0. The number of rotatable bonds is 5. The number of nitrogens with zero attached hydrogens (tertiary/aromatic N) is 1. The molecule has 1 rings (SSSR count). The number of aryl methyl sites for hydroxylation is 1. The Bertz CT molecular complexity index is 375. The molecule has 0 amide bonds. The molecule has 82 valence electrons. The van der Waals surface area contributed by atoms with E-state index in [-0.39, 0.29) is 0 Å². The number of hydrogen-bond acceptors (Lipinski definition) is 1. The van der Waals surface area contributed by atoms with E-state index < -0.39 is 0 Å². The Labute approximate surface area is 98.1 Å². The maximum atomic E-state index is 8.33. The van der Waals surface area contributed by atoms with Crippen LogP contribution in [-0.4, -0.2) is 0 Å². The number of benzene rings is 1. The summed E-state index contributed by atoms with van der Waals surface area (Å²) in [7, 11) is 0. The lowest BCUT2D eigenvalue weighted by Gasteiger charge is -1.96. The predicted octanol–water partition coefficient (Wildman–Crippen LogP) is 3.71. The van der Waals surface area contributed by atoms with Crippen molar-refractivity contribution in [1.82, 2.24) is 0 Å². The van der Waals surface area contributed by atoms with Gasteiger partial charge in [-0.3, -0.25) is 0 Å². The number of nitriles is 1. The maximum Gasteiger partial charge on any atom is 0.0622 e. The van der Waals surface area contributed by atoms with Crippen LogP contribution in [0.25, 0.3) is 0 Å². The van der Waals surface area contributed by atoms with Crippen molar-refractivity contribution in [3.05, 3.63) is 35.9 Å². The molecule has 0 bridgehead atoms. The molecule has 1 nitrogen and oxygen atoms in total. The third kappa shape index (κ3) is 5.89. The molecule has 1 aromatic rings. The topological polar surface area (TPSA) is 23.8 Å². The van der Waals surface area contributed by atoms with Gasteiger partial charge in [0.2, 0.25) is 0 Å². The lowest BCUT2D eigenvalue weighted by atomic mass is 10.1. The van der Waals surface area contributed by atoms with Crippen molar-refractivity contribution in [2.45, 2.75) is 38.5 Å². The second-order valence-electron chi connectivity index (χ2n) is 3.70. The summed E-state index contributed by atoms with van der Waals surface area (Å²) in [5.74, 6) is 6.26. The van der Waals surface area contributed by atoms with Crippen molar-refractivity contribution in [2.75, 3.05) is 0 Å². The van der Waals surface area contributed by atoms with Crippen molar-refractivity contribution < 1.29 is 0 Å². The van der Waals surface area contributed by atoms with E-state index >= 15 is 0 Å². The Morgan fingerprint density at radius 1 is 0.875 bits per heavy atom. The van der Waals surface area contributed by atoms with Crippen LogP contribution in [0.4, 0.5) is 0 Å². The molecule has 0 saturated heterocycles. The molecule has 0 atom stereocenters. The van der Waals surface area contributed by atoms with Gasteiger partial charge in [-0.25, -0.2) is 0 Å². The fourth-order valence-corrected chi connectivity index (χ4v) is 1.46. The quantitative estimate of drug-likeness (QED) is 0.538. The lowest BCUT2D eigenvalue weighted by molar-refractivity contribution is 0.852. The van der Waals surface area contributed by atoms with Crippen LogP contribution in [0.5, 0.6) is 0 Å². The molecule has 0 unspecified atom stereocenters. The van der Waals surface area contributed by atoms with Crippen LogP contribution in [0, 0.1) is 23.2 Å². The van der Waals surface area contributed by atoms with Crippen LogP contribution in [0.2, 0.25) is 0 Å². The van der Waals surface area contributed by atoms with Gasteiger partial charge in [-0.05, 0) is 24.8 Å². The van der Waals surface area contributed by atoms with E-state index in [2.05, 4.69) is 42.2 Å². The van der Waals surface area contributed by atoms with Gasteiger partial charge in [0.15, 0.2) is 0 Å². The van der Waals surface area contributed by atoms with E-state index in [1.54, 1.807) is 0 Å². The highest BCUT2D eigenvalue weighted by Crippen LogP contribution is 2.03. The van der Waals surface area contributed by atoms with Crippen LogP contribution >= 0.6 is 0 Å². The molecular formula is C15H17N. The molecule has 1 aromatic carbocycles. The standard InChI is InChI=1S/C15H17N/c16-14-10-5-3-1-2-4-7-11-15-12-8-6-9-13-15/h6,8-9,12-13H,3-5,7,10-11H2. The summed E-state index contributed by atoms with van der Waals surface area (Å²) in [5, 5.41) is 8.33. The fourth-order valence-electron chi connectivity index (χ4n) is 1.46. The average molecular weight is 211 g/mol. The third-order valence-electron chi connectivity index (χ3n) is 2.33. The molecule has 0 fully saturated rings. The minimum atomic E-state index is 0.624. The van der Waals surface area contributed by atoms with Crippen molar-refractivity contribution in [1.29, 1.82) is 5.26 Å². The first-order valence-electron chi connectivity index (χ1n) is 5.80. The molecule has 0 radical (unpaired) electrons. The molecule has 0 saturated carbocycles. The first-order chi connectivity index (χ1) is 7.93. The summed E-state index contributed by atoms with van der Waals surface area (Å²) in [6, 6.07) is 12.6. The Kier molecular flexibility index (Phi) is 6.61. The smallest absolute Gasteiger partial charge is 0.0622 e. The van der Waals surface area contributed by atoms with Crippen molar-refractivity contribution >= 4 is 0 Å². The second kappa shape index (κ2) is 8.57. The van der Waals surface area contributed by atoms with Crippen LogP contribution in [0.3, 0.4) is 0 Å². The van der Waals surface area contributed by atoms with Crippen LogP contribution in [0.15, 0.2) is 30.3 Å². The van der Waals surface area contributed by atoms with E-state index in [4.69, 9.17) is 5.26 Å². The van der Waals surface area contributed by atoms with E-state index in [9.17, 15) is 0 Å². The Morgan fingerprint density at radius 3 is 2.25 bits per heavy atom. The summed E-state index contributed by atoms with van der Waals surface area (Å²) < 4.78 is 0. The molecule has 0 aromatic heterocycles. The van der Waals surface area contributed by atoms with Gasteiger partial charge in [-0.1, -0.05) is 30.3 Å². The summed E-state index contributed by atoms with van der Waals surface area (Å²) in [5.41, 5.74) is 1.38. The molecule has 0 N–H and O–H groups in total. The zero-order valence-electron chi connectivity index (χ0n) is 9.58. The predicted molar refractivity (Wildman–Crippen MR) is 66.6 cm³/mol. The van der Waals surface area contributed by atoms with Gasteiger partial charge in [0, 0.05) is 19.3 Å². The third-order valence-corrected chi connectivity index (χ3v) is 2.33. The van der Waals surface area contributed by atoms with E-state index in [1.807, 2.05) is 6.07 Å². The van der Waals surface area contributed by atoms with E-state index in [0.29, 0.717) is 6.42 Å². The fraction of sp³-hybridized carbons (Fsp3) is 0.400. The van der Waals surface area contributed by atoms with E-state index in [0.717, 1.165) is 32.1 Å². The van der Waals surface area contributed by atoms with Gasteiger partial charge in [-0.2, -0.15) is 5.26 Å². The molecule has 0 spiro atoms. The first kappa shape index (κ1) is 12.3. The van der Waals surface area contributed by atoms with Gasteiger partial charge >= 0.3 is 0 Å². The average Bonchev–Trinajstić information content (AvgIpc) is 2.34. The van der Waals surface area contributed by atoms with Crippen molar-refractivity contribution in [2.24, 2.45) is 0 Å². The molecule has 0 aliphatic carbocycles. The maximum absolute atomic E-state index is 8.33. The lowest BCUT2D eigenvalue weighted by Crippen LogP contribution is -1.83. The van der Waals surface area contributed by atoms with Gasteiger partial charge in [-0.15, -0.1) is 11.8 Å². The highest BCUT2D eigenvalue weighted by Gasteiger charge is 1.89. The summed E-state index contributed by atoms with van der Waals surface area (Å²) in [6.45, 7) is 0. The van der Waals surface area contributed by atoms with Gasteiger partial charge in [0.1, 0.15) is 0 Å². The zero-order valence-corrected chi connectivity index (χ0v) is 9.58. The van der Waals surface area contributed by atoms with Crippen molar-refractivity contribution in [3.8, 4) is 17.9 Å². The Balaban J connectivity index is 2.06. The highest BCUT2D eigenvalue weighted by molar-refractivity contribution is 5.14. The van der Waals surface area contributed by atoms with Crippen molar-refractivity contribution in [3.63, 3.8) is 0 Å². The van der Waals surface area contributed by atoms with Crippen LogP contribution < -0.4 is 0 Å². The normalized spacial score (nSPS) is 8.94. The molecule has 0 aliphatic rings. The Morgan fingerprint density at radius 2 is 1.56 bits per heavy atom. The molecule has 1 heteroatoms. The summed E-state index contributed by atoms with van der Waals surface area (Å²) in [4.78, 5) is 0. The Hall–Kier alpha value is -1.73. The minimum absolute atomic E-state index is 0.624. The molecule has 16 heavy (non-hydrogen) atoms. The highest BCUT2D eigenvalue weighted by atomic mass is 14.2. The van der Waals surface area contributed by atoms with Gasteiger partial charge in [0.25, 0.3) is 0 Å². The monoisotopic (exact) mass is 211 g/mol. The first-order valence-corrected chi connectivity index (χ1v) is 5.80. The largest absolute Gasteiger partial charge is 0.198 e. The van der Waals surface area contributed by atoms with Crippen LogP contribution in [-0.2, 0) is 6.42 Å². The minimum Gasteiger partial charge on any atom is -0.198 e. The van der Waals surface area contributed by atoms with E-state index in [1.165, 1.54) is 5.56 Å². The molecule has 0 heterocycles. The SMILES string of the molecule is N#CCCCC#CCCCc1ccccc1. The van der Waals surface area contributed by atoms with Gasteiger partial charge < -0.3 is 0 Å². The zero-order chi connectivity index (χ0) is 11.5. The second-order valence-corrected chi connectivity index (χ2v) is 3.70. The summed E-state index contributed by atoms with van der Waals surface area (Å²) in [6.07, 6.45) is 5.57. The number of hydrogen-bond donors (Lipinski definition) is 0. The number of unbranched alkanes of at least 4 members (excludes halogenated alkanes) is 3. The molecule has 0 aliphatic heterocycles.